The van der Waals surface area contributed by atoms with Crippen LogP contribution in [0.5, 0.6) is 0 Å². The molecule has 0 bridgehead atoms. The molecule has 1 fully saturated rings. The summed E-state index contributed by atoms with van der Waals surface area (Å²) in [4.78, 5) is 26.2. The molecule has 0 atom stereocenters. The van der Waals surface area contributed by atoms with Crippen molar-refractivity contribution in [1.82, 2.24) is 10.2 Å². The van der Waals surface area contributed by atoms with Crippen LogP contribution in [-0.4, -0.2) is 36.3 Å². The molecule has 0 saturated carbocycles. The number of carbonyl (C=O) groups excluding carboxylic acids is 2. The molecule has 0 unspecified atom stereocenters. The molecule has 104 valence electrons. The zero-order chi connectivity index (χ0) is 13.5. The van der Waals surface area contributed by atoms with Crippen LogP contribution in [0.25, 0.3) is 0 Å². The van der Waals surface area contributed by atoms with E-state index in [1.54, 1.807) is 6.07 Å². The quantitative estimate of drug-likeness (QED) is 0.841. The second-order valence-electron chi connectivity index (χ2n) is 4.78. The van der Waals surface area contributed by atoms with Crippen LogP contribution >= 0.6 is 11.3 Å². The van der Waals surface area contributed by atoms with E-state index in [2.05, 4.69) is 5.32 Å². The minimum atomic E-state index is -0.0413. The average Bonchev–Trinajstić information content (AvgIpc) is 2.98. The molecule has 0 aromatic carbocycles. The Bertz CT molecular complexity index is 411. The lowest BCUT2D eigenvalue weighted by Crippen LogP contribution is -2.36. The molecule has 4 nitrogen and oxygen atoms in total. The summed E-state index contributed by atoms with van der Waals surface area (Å²) in [5.41, 5.74) is 0. The number of carbonyl (C=O) groups is 2. The van der Waals surface area contributed by atoms with E-state index in [1.165, 1.54) is 17.8 Å². The summed E-state index contributed by atoms with van der Waals surface area (Å²) < 4.78 is 0. The standard InChI is InChI=1S/C14H20N2O2S/c17-13(16-9-2-1-3-10-16)7-4-8-15-14(18)12-6-5-11-19-12/h5-6,11H,1-4,7-10H2,(H,15,18). The third kappa shape index (κ3) is 4.35. The van der Waals surface area contributed by atoms with E-state index in [4.69, 9.17) is 0 Å². The molecular formula is C14H20N2O2S. The molecule has 1 aromatic rings. The molecule has 0 radical (unpaired) electrons. The predicted molar refractivity (Wildman–Crippen MR) is 76.3 cm³/mol. The molecule has 2 rings (SSSR count). The van der Waals surface area contributed by atoms with Crippen LogP contribution in [0.15, 0.2) is 17.5 Å². The molecule has 1 aromatic heterocycles. The van der Waals surface area contributed by atoms with Crippen molar-refractivity contribution in [2.45, 2.75) is 32.1 Å². The fraction of sp³-hybridized carbons (Fsp3) is 0.571. The van der Waals surface area contributed by atoms with Crippen LogP contribution in [0.3, 0.4) is 0 Å². The zero-order valence-electron chi connectivity index (χ0n) is 11.1. The second kappa shape index (κ2) is 7.28. The average molecular weight is 280 g/mol. The maximum absolute atomic E-state index is 11.9. The number of piperidine rings is 1. The maximum Gasteiger partial charge on any atom is 0.261 e. The van der Waals surface area contributed by atoms with Crippen molar-refractivity contribution < 1.29 is 9.59 Å². The number of rotatable bonds is 5. The monoisotopic (exact) mass is 280 g/mol. The zero-order valence-corrected chi connectivity index (χ0v) is 11.9. The van der Waals surface area contributed by atoms with Crippen molar-refractivity contribution in [3.05, 3.63) is 22.4 Å². The van der Waals surface area contributed by atoms with Gasteiger partial charge in [-0.3, -0.25) is 9.59 Å². The normalized spacial score (nSPS) is 15.3. The van der Waals surface area contributed by atoms with Gasteiger partial charge in [-0.1, -0.05) is 6.07 Å². The number of hydrogen-bond donors (Lipinski definition) is 1. The highest BCUT2D eigenvalue weighted by atomic mass is 32.1. The molecule has 1 aliphatic rings. The number of likely N-dealkylation sites (tertiary alicyclic amines) is 1. The van der Waals surface area contributed by atoms with E-state index in [0.29, 0.717) is 19.4 Å². The molecule has 1 saturated heterocycles. The molecule has 0 aliphatic carbocycles. The van der Waals surface area contributed by atoms with E-state index >= 15 is 0 Å². The van der Waals surface area contributed by atoms with E-state index in [0.717, 1.165) is 30.8 Å². The van der Waals surface area contributed by atoms with Crippen molar-refractivity contribution in [1.29, 1.82) is 0 Å². The van der Waals surface area contributed by atoms with Crippen molar-refractivity contribution in [3.63, 3.8) is 0 Å². The van der Waals surface area contributed by atoms with Gasteiger partial charge in [0.15, 0.2) is 0 Å². The summed E-state index contributed by atoms with van der Waals surface area (Å²) in [7, 11) is 0. The summed E-state index contributed by atoms with van der Waals surface area (Å²) in [6.45, 7) is 2.37. The summed E-state index contributed by atoms with van der Waals surface area (Å²) >= 11 is 1.43. The van der Waals surface area contributed by atoms with Crippen LogP contribution in [0, 0.1) is 0 Å². The topological polar surface area (TPSA) is 49.4 Å². The Morgan fingerprint density at radius 2 is 2.05 bits per heavy atom. The highest BCUT2D eigenvalue weighted by Gasteiger charge is 2.15. The highest BCUT2D eigenvalue weighted by Crippen LogP contribution is 2.11. The van der Waals surface area contributed by atoms with E-state index < -0.39 is 0 Å². The van der Waals surface area contributed by atoms with Gasteiger partial charge in [0.1, 0.15) is 0 Å². The lowest BCUT2D eigenvalue weighted by molar-refractivity contribution is -0.132. The Balaban J connectivity index is 1.61. The lowest BCUT2D eigenvalue weighted by Gasteiger charge is -2.26. The van der Waals surface area contributed by atoms with Crippen LogP contribution in [-0.2, 0) is 4.79 Å². The van der Waals surface area contributed by atoms with Crippen LogP contribution in [0.1, 0.15) is 41.8 Å². The smallest absolute Gasteiger partial charge is 0.261 e. The summed E-state index contributed by atoms with van der Waals surface area (Å²) in [5.74, 6) is 0.186. The summed E-state index contributed by atoms with van der Waals surface area (Å²) in [6.07, 6.45) is 4.74. The molecule has 1 N–H and O–H groups in total. The van der Waals surface area contributed by atoms with Gasteiger partial charge in [0, 0.05) is 26.1 Å². The van der Waals surface area contributed by atoms with Crippen molar-refractivity contribution in [2.24, 2.45) is 0 Å². The highest BCUT2D eigenvalue weighted by molar-refractivity contribution is 7.12. The van der Waals surface area contributed by atoms with Gasteiger partial charge in [0.2, 0.25) is 5.91 Å². The van der Waals surface area contributed by atoms with Gasteiger partial charge in [-0.2, -0.15) is 0 Å². The van der Waals surface area contributed by atoms with E-state index in [1.807, 2.05) is 16.3 Å². The van der Waals surface area contributed by atoms with Crippen molar-refractivity contribution >= 4 is 23.2 Å². The van der Waals surface area contributed by atoms with Crippen molar-refractivity contribution in [3.8, 4) is 0 Å². The first-order chi connectivity index (χ1) is 9.27. The third-order valence-electron chi connectivity index (χ3n) is 3.31. The Morgan fingerprint density at radius 1 is 1.26 bits per heavy atom. The lowest BCUT2D eigenvalue weighted by atomic mass is 10.1. The fourth-order valence-electron chi connectivity index (χ4n) is 2.24. The first kappa shape index (κ1) is 14.1. The molecule has 2 heterocycles. The SMILES string of the molecule is O=C(NCCCC(=O)N1CCCCC1)c1cccs1. The number of amides is 2. The van der Waals surface area contributed by atoms with Gasteiger partial charge in [0.25, 0.3) is 5.91 Å². The van der Waals surface area contributed by atoms with E-state index in [-0.39, 0.29) is 11.8 Å². The molecule has 19 heavy (non-hydrogen) atoms. The predicted octanol–water partition coefficient (Wildman–Crippen LogP) is 2.27. The molecule has 0 spiro atoms. The van der Waals surface area contributed by atoms with Gasteiger partial charge < -0.3 is 10.2 Å². The maximum atomic E-state index is 11.9. The van der Waals surface area contributed by atoms with Gasteiger partial charge in [-0.15, -0.1) is 11.3 Å². The number of nitrogens with one attached hydrogen (secondary N) is 1. The minimum Gasteiger partial charge on any atom is -0.351 e. The molecular weight excluding hydrogens is 260 g/mol. The number of nitrogens with zero attached hydrogens (tertiary/aromatic N) is 1. The van der Waals surface area contributed by atoms with Gasteiger partial charge in [0.05, 0.1) is 4.88 Å². The van der Waals surface area contributed by atoms with Gasteiger partial charge >= 0.3 is 0 Å². The fourth-order valence-corrected chi connectivity index (χ4v) is 2.88. The molecule has 5 heteroatoms. The van der Waals surface area contributed by atoms with E-state index in [9.17, 15) is 9.59 Å². The molecule has 1 aliphatic heterocycles. The molecule has 2 amide bonds. The minimum absolute atomic E-state index is 0.0413. The van der Waals surface area contributed by atoms with Crippen LogP contribution in [0.4, 0.5) is 0 Å². The Labute approximate surface area is 117 Å². The van der Waals surface area contributed by atoms with Crippen LogP contribution in [0.2, 0.25) is 0 Å². The number of thiophene rings is 1. The van der Waals surface area contributed by atoms with Gasteiger partial charge in [-0.25, -0.2) is 0 Å². The Kier molecular flexibility index (Phi) is 5.39. The first-order valence-electron chi connectivity index (χ1n) is 6.87. The Hall–Kier alpha value is -1.36. The van der Waals surface area contributed by atoms with Crippen molar-refractivity contribution in [2.75, 3.05) is 19.6 Å². The van der Waals surface area contributed by atoms with Crippen LogP contribution < -0.4 is 5.32 Å². The Morgan fingerprint density at radius 3 is 2.74 bits per heavy atom. The van der Waals surface area contributed by atoms with Gasteiger partial charge in [-0.05, 0) is 37.1 Å². The second-order valence-corrected chi connectivity index (χ2v) is 5.73. The number of hydrogen-bond acceptors (Lipinski definition) is 3. The summed E-state index contributed by atoms with van der Waals surface area (Å²) in [6, 6.07) is 3.67. The largest absolute Gasteiger partial charge is 0.351 e. The first-order valence-corrected chi connectivity index (χ1v) is 7.75. The third-order valence-corrected chi connectivity index (χ3v) is 4.18. The summed E-state index contributed by atoms with van der Waals surface area (Å²) in [5, 5.41) is 4.73.